The highest BCUT2D eigenvalue weighted by atomic mass is 35.5. The Morgan fingerprint density at radius 2 is 2.08 bits per heavy atom. The molecule has 10 heteroatoms. The van der Waals surface area contributed by atoms with Gasteiger partial charge in [-0.15, -0.1) is 22.7 Å². The number of nitrogens with zero attached hydrogens (tertiary/aromatic N) is 2. The number of sulfonamides is 1. The van der Waals surface area contributed by atoms with E-state index in [4.69, 9.17) is 11.6 Å². The van der Waals surface area contributed by atoms with E-state index in [2.05, 4.69) is 10.3 Å². The van der Waals surface area contributed by atoms with Gasteiger partial charge >= 0.3 is 0 Å². The lowest BCUT2D eigenvalue weighted by Gasteiger charge is -2.32. The van der Waals surface area contributed by atoms with Crippen molar-refractivity contribution in [2.45, 2.75) is 48.8 Å². The Hall–Kier alpha value is -1.000. The molecule has 3 heterocycles. The highest BCUT2D eigenvalue weighted by molar-refractivity contribution is 7.91. The summed E-state index contributed by atoms with van der Waals surface area (Å²) < 4.78 is 27.8. The number of aromatic nitrogens is 1. The van der Waals surface area contributed by atoms with Crippen LogP contribution < -0.4 is 5.32 Å². The summed E-state index contributed by atoms with van der Waals surface area (Å²) in [4.78, 5) is 18.5. The molecule has 140 valence electrons. The fourth-order valence-corrected chi connectivity index (χ4v) is 7.76. The second-order valence-electron chi connectivity index (χ2n) is 6.42. The number of thiophene rings is 1. The number of carbonyl (C=O) groups is 1. The minimum Gasteiger partial charge on any atom is -0.301 e. The molecule has 1 N–H and O–H groups in total. The Kier molecular flexibility index (Phi) is 5.08. The van der Waals surface area contributed by atoms with Crippen LogP contribution in [-0.4, -0.2) is 36.2 Å². The summed E-state index contributed by atoms with van der Waals surface area (Å²) in [5, 5.41) is 3.41. The zero-order valence-corrected chi connectivity index (χ0v) is 17.1. The number of piperidine rings is 1. The molecule has 0 aromatic carbocycles. The molecule has 1 fully saturated rings. The van der Waals surface area contributed by atoms with E-state index in [-0.39, 0.29) is 10.1 Å². The van der Waals surface area contributed by atoms with Crippen molar-refractivity contribution in [3.63, 3.8) is 0 Å². The normalized spacial score (nSPS) is 20.9. The topological polar surface area (TPSA) is 79.4 Å². The minimum absolute atomic E-state index is 0.176. The number of nitrogens with one attached hydrogen (secondary N) is 1. The van der Waals surface area contributed by atoms with Gasteiger partial charge in [-0.1, -0.05) is 18.0 Å². The summed E-state index contributed by atoms with van der Waals surface area (Å²) in [5.74, 6) is -0.302. The fraction of sp³-hybridized carbons (Fsp3) is 0.500. The van der Waals surface area contributed by atoms with Crippen LogP contribution in [0.1, 0.15) is 36.3 Å². The van der Waals surface area contributed by atoms with Crippen molar-refractivity contribution in [1.29, 1.82) is 0 Å². The quantitative estimate of drug-likeness (QED) is 0.803. The third-order valence-corrected chi connectivity index (χ3v) is 9.37. The molecular formula is C16H18ClN3O3S3. The number of amides is 1. The van der Waals surface area contributed by atoms with E-state index in [0.717, 1.165) is 49.1 Å². The SMILES string of the molecule is O=C(Nc1nc2c(s1)CCC2)[C@H]1CCCCN1S(=O)(=O)c1ccc(Cl)s1. The van der Waals surface area contributed by atoms with E-state index in [1.807, 2.05) is 0 Å². The summed E-state index contributed by atoms with van der Waals surface area (Å²) in [6, 6.07) is 2.35. The lowest BCUT2D eigenvalue weighted by molar-refractivity contribution is -0.120. The molecule has 2 aliphatic rings. The van der Waals surface area contributed by atoms with Gasteiger partial charge in [-0.2, -0.15) is 4.31 Å². The largest absolute Gasteiger partial charge is 0.301 e. The van der Waals surface area contributed by atoms with Crippen molar-refractivity contribution in [3.8, 4) is 0 Å². The summed E-state index contributed by atoms with van der Waals surface area (Å²) in [6.45, 7) is 0.338. The van der Waals surface area contributed by atoms with E-state index in [9.17, 15) is 13.2 Å². The molecule has 1 aliphatic heterocycles. The lowest BCUT2D eigenvalue weighted by Crippen LogP contribution is -2.49. The van der Waals surface area contributed by atoms with Crippen LogP contribution in [0.4, 0.5) is 5.13 Å². The highest BCUT2D eigenvalue weighted by Gasteiger charge is 2.38. The van der Waals surface area contributed by atoms with E-state index in [1.165, 1.54) is 26.6 Å². The van der Waals surface area contributed by atoms with Crippen molar-refractivity contribution in [3.05, 3.63) is 27.0 Å². The summed E-state index contributed by atoms with van der Waals surface area (Å²) >= 11 is 8.41. The van der Waals surface area contributed by atoms with Crippen molar-refractivity contribution in [2.75, 3.05) is 11.9 Å². The van der Waals surface area contributed by atoms with Crippen molar-refractivity contribution >= 4 is 55.3 Å². The molecule has 0 spiro atoms. The van der Waals surface area contributed by atoms with Gasteiger partial charge in [0.15, 0.2) is 5.13 Å². The van der Waals surface area contributed by atoms with Gasteiger partial charge in [0.25, 0.3) is 10.0 Å². The predicted octanol–water partition coefficient (Wildman–Crippen LogP) is 3.53. The molecule has 0 bridgehead atoms. The molecular weight excluding hydrogens is 414 g/mol. The van der Waals surface area contributed by atoms with Gasteiger partial charge in [-0.05, 0) is 44.2 Å². The van der Waals surface area contributed by atoms with E-state index >= 15 is 0 Å². The number of rotatable bonds is 4. The van der Waals surface area contributed by atoms with Crippen LogP contribution in [0.2, 0.25) is 4.34 Å². The molecule has 2 aromatic rings. The molecule has 2 aromatic heterocycles. The zero-order chi connectivity index (χ0) is 18.3. The van der Waals surface area contributed by atoms with Crippen molar-refractivity contribution in [2.24, 2.45) is 0 Å². The summed E-state index contributed by atoms with van der Waals surface area (Å²) in [5.41, 5.74) is 1.06. The first-order valence-corrected chi connectivity index (χ1v) is 12.0. The Bertz CT molecular complexity index is 916. The second kappa shape index (κ2) is 7.20. The van der Waals surface area contributed by atoms with Crippen LogP contribution in [-0.2, 0) is 27.7 Å². The molecule has 1 amide bonds. The lowest BCUT2D eigenvalue weighted by atomic mass is 10.0. The van der Waals surface area contributed by atoms with Crippen LogP contribution >= 0.6 is 34.3 Å². The number of carbonyl (C=O) groups excluding carboxylic acids is 1. The molecule has 0 unspecified atom stereocenters. The first-order valence-electron chi connectivity index (χ1n) is 8.52. The van der Waals surface area contributed by atoms with Gasteiger partial charge in [0, 0.05) is 11.4 Å². The highest BCUT2D eigenvalue weighted by Crippen LogP contribution is 2.33. The second-order valence-corrected chi connectivity index (χ2v) is 11.3. The minimum atomic E-state index is -3.73. The van der Waals surface area contributed by atoms with E-state index < -0.39 is 16.1 Å². The zero-order valence-electron chi connectivity index (χ0n) is 13.9. The first kappa shape index (κ1) is 18.4. The molecule has 0 saturated carbocycles. The molecule has 26 heavy (non-hydrogen) atoms. The number of fused-ring (bicyclic) bond motifs is 1. The van der Waals surface area contributed by atoms with Gasteiger partial charge in [-0.3, -0.25) is 4.79 Å². The van der Waals surface area contributed by atoms with E-state index in [1.54, 1.807) is 6.07 Å². The van der Waals surface area contributed by atoms with Gasteiger partial charge in [-0.25, -0.2) is 13.4 Å². The van der Waals surface area contributed by atoms with Gasteiger partial charge in [0.05, 0.1) is 10.0 Å². The number of hydrogen-bond donors (Lipinski definition) is 1. The molecule has 1 atom stereocenters. The molecule has 1 aliphatic carbocycles. The van der Waals surface area contributed by atoms with Crippen LogP contribution in [0.3, 0.4) is 0 Å². The number of hydrogen-bond acceptors (Lipinski definition) is 6. The van der Waals surface area contributed by atoms with E-state index in [0.29, 0.717) is 22.4 Å². The third-order valence-electron chi connectivity index (χ3n) is 4.69. The Morgan fingerprint density at radius 3 is 2.81 bits per heavy atom. The summed E-state index contributed by atoms with van der Waals surface area (Å²) in [6.07, 6.45) is 5.14. The van der Waals surface area contributed by atoms with Gasteiger partial charge in [0.1, 0.15) is 10.3 Å². The maximum absolute atomic E-state index is 13.0. The Morgan fingerprint density at radius 1 is 1.23 bits per heavy atom. The van der Waals surface area contributed by atoms with Crippen molar-refractivity contribution < 1.29 is 13.2 Å². The average Bonchev–Trinajstić information content (AvgIpc) is 3.31. The molecule has 1 saturated heterocycles. The number of aryl methyl sites for hydroxylation is 2. The van der Waals surface area contributed by atoms with Crippen LogP contribution in [0.15, 0.2) is 16.3 Å². The van der Waals surface area contributed by atoms with Crippen molar-refractivity contribution in [1.82, 2.24) is 9.29 Å². The number of halogens is 1. The Balaban J connectivity index is 1.55. The standard InChI is InChI=1S/C16H18ClN3O3S3/c17-13-7-8-14(25-13)26(22,23)20-9-2-1-5-11(20)15(21)19-16-18-10-4-3-6-12(10)24-16/h7-8,11H,1-6,9H2,(H,18,19,21)/t11-/m1/s1. The van der Waals surface area contributed by atoms with Crippen LogP contribution in [0, 0.1) is 0 Å². The third kappa shape index (κ3) is 3.43. The molecule has 4 rings (SSSR count). The summed E-state index contributed by atoms with van der Waals surface area (Å²) in [7, 11) is -3.73. The van der Waals surface area contributed by atoms with Crippen LogP contribution in [0.5, 0.6) is 0 Å². The number of thiazole rings is 1. The Labute approximate surface area is 165 Å². The number of anilines is 1. The monoisotopic (exact) mass is 431 g/mol. The predicted molar refractivity (Wildman–Crippen MR) is 104 cm³/mol. The maximum atomic E-state index is 13.0. The fourth-order valence-electron chi connectivity index (χ4n) is 3.44. The van der Waals surface area contributed by atoms with Crippen LogP contribution in [0.25, 0.3) is 0 Å². The van der Waals surface area contributed by atoms with Gasteiger partial charge < -0.3 is 5.32 Å². The molecule has 6 nitrogen and oxygen atoms in total. The smallest absolute Gasteiger partial charge is 0.253 e. The van der Waals surface area contributed by atoms with Gasteiger partial charge in [0.2, 0.25) is 5.91 Å². The molecule has 0 radical (unpaired) electrons. The maximum Gasteiger partial charge on any atom is 0.253 e. The average molecular weight is 432 g/mol. The first-order chi connectivity index (χ1) is 12.4.